The minimum Gasteiger partial charge on any atom is -0.322 e. The van der Waals surface area contributed by atoms with Gasteiger partial charge in [0.25, 0.3) is 15.9 Å². The molecule has 0 aromatic heterocycles. The van der Waals surface area contributed by atoms with Gasteiger partial charge < -0.3 is 5.32 Å². The average Bonchev–Trinajstić information content (AvgIpc) is 2.87. The first-order chi connectivity index (χ1) is 17.5. The Morgan fingerprint density at radius 1 is 0.784 bits per heavy atom. The summed E-state index contributed by atoms with van der Waals surface area (Å²) in [6.07, 6.45) is 2.58. The van der Waals surface area contributed by atoms with Crippen molar-refractivity contribution in [1.29, 1.82) is 0 Å². The zero-order valence-corrected chi connectivity index (χ0v) is 22.9. The Morgan fingerprint density at radius 3 is 2.05 bits per heavy atom. The van der Waals surface area contributed by atoms with E-state index < -0.39 is 26.0 Å². The van der Waals surface area contributed by atoms with Gasteiger partial charge in [-0.05, 0) is 92.4 Å². The molecule has 0 bridgehead atoms. The molecule has 1 aliphatic rings. The number of carbonyl (C=O) groups excluding carboxylic acids is 1. The summed E-state index contributed by atoms with van der Waals surface area (Å²) in [7, 11) is -7.57. The summed E-state index contributed by atoms with van der Waals surface area (Å²) >= 11 is 6.22. The van der Waals surface area contributed by atoms with Crippen molar-refractivity contribution in [3.05, 3.63) is 82.4 Å². The normalized spacial score (nSPS) is 14.8. The molecule has 0 radical (unpaired) electrons. The number of sulfonamides is 2. The number of anilines is 2. The zero-order chi connectivity index (χ0) is 26.8. The third-order valence-corrected chi connectivity index (χ3v) is 9.94. The highest BCUT2D eigenvalue weighted by atomic mass is 35.5. The Labute approximate surface area is 222 Å². The molecule has 1 heterocycles. The number of nitrogens with one attached hydrogen (secondary N) is 2. The summed E-state index contributed by atoms with van der Waals surface area (Å²) in [5.41, 5.74) is 2.81. The van der Waals surface area contributed by atoms with Crippen molar-refractivity contribution in [3.63, 3.8) is 0 Å². The topological polar surface area (TPSA) is 113 Å². The van der Waals surface area contributed by atoms with Gasteiger partial charge in [0.05, 0.1) is 20.4 Å². The van der Waals surface area contributed by atoms with E-state index in [0.717, 1.165) is 30.4 Å². The van der Waals surface area contributed by atoms with Crippen LogP contribution in [0.15, 0.2) is 70.5 Å². The fourth-order valence-corrected chi connectivity index (χ4v) is 6.82. The molecule has 0 saturated carbocycles. The van der Waals surface area contributed by atoms with Crippen molar-refractivity contribution < 1.29 is 21.6 Å². The molecule has 3 aromatic rings. The highest BCUT2D eigenvalue weighted by molar-refractivity contribution is 7.92. The summed E-state index contributed by atoms with van der Waals surface area (Å²) in [4.78, 5) is 13.0. The van der Waals surface area contributed by atoms with Crippen LogP contribution in [0.3, 0.4) is 0 Å². The predicted octanol–water partition coefficient (Wildman–Crippen LogP) is 5.18. The van der Waals surface area contributed by atoms with Crippen molar-refractivity contribution in [1.82, 2.24) is 4.31 Å². The molecular weight excluding hydrogens is 534 g/mol. The maximum Gasteiger partial charge on any atom is 0.261 e. The zero-order valence-electron chi connectivity index (χ0n) is 20.5. The van der Waals surface area contributed by atoms with E-state index >= 15 is 0 Å². The van der Waals surface area contributed by atoms with Crippen LogP contribution in [0.25, 0.3) is 0 Å². The molecule has 2 N–H and O–H groups in total. The lowest BCUT2D eigenvalue weighted by atomic mass is 10.1. The molecule has 11 heteroatoms. The van der Waals surface area contributed by atoms with Gasteiger partial charge in [-0.15, -0.1) is 0 Å². The molecule has 0 unspecified atom stereocenters. The Hall–Kier alpha value is -2.92. The first-order valence-electron chi connectivity index (χ1n) is 11.8. The van der Waals surface area contributed by atoms with Gasteiger partial charge >= 0.3 is 0 Å². The molecule has 1 saturated heterocycles. The van der Waals surface area contributed by atoms with E-state index in [2.05, 4.69) is 10.0 Å². The Bertz CT molecular complexity index is 1530. The second-order valence-corrected chi connectivity index (χ2v) is 13.0. The Morgan fingerprint density at radius 2 is 1.41 bits per heavy atom. The van der Waals surface area contributed by atoms with E-state index in [4.69, 9.17) is 11.6 Å². The van der Waals surface area contributed by atoms with E-state index in [-0.39, 0.29) is 20.4 Å². The van der Waals surface area contributed by atoms with Crippen LogP contribution >= 0.6 is 11.6 Å². The molecule has 37 heavy (non-hydrogen) atoms. The van der Waals surface area contributed by atoms with Crippen LogP contribution in [0.4, 0.5) is 11.4 Å². The first-order valence-corrected chi connectivity index (χ1v) is 15.1. The number of benzene rings is 3. The number of hydrogen-bond donors (Lipinski definition) is 2. The van der Waals surface area contributed by atoms with Crippen LogP contribution < -0.4 is 10.0 Å². The summed E-state index contributed by atoms with van der Waals surface area (Å²) in [5.74, 6) is -0.607. The van der Waals surface area contributed by atoms with Gasteiger partial charge in [0, 0.05) is 24.5 Å². The smallest absolute Gasteiger partial charge is 0.261 e. The van der Waals surface area contributed by atoms with Gasteiger partial charge in [-0.2, -0.15) is 4.31 Å². The number of hydrogen-bond acceptors (Lipinski definition) is 5. The van der Waals surface area contributed by atoms with Crippen molar-refractivity contribution in [2.45, 2.75) is 42.9 Å². The second kappa shape index (κ2) is 10.8. The quantitative estimate of drug-likeness (QED) is 0.412. The van der Waals surface area contributed by atoms with Crippen LogP contribution in [0.5, 0.6) is 0 Å². The SMILES string of the molecule is Cc1ccc(NS(=O)(=O)c2ccc(NC(=O)c3cc(S(=O)(=O)N4CCCCC4)ccc3Cl)cc2)cc1C. The van der Waals surface area contributed by atoms with Gasteiger partial charge in [-0.1, -0.05) is 24.1 Å². The molecule has 196 valence electrons. The molecule has 0 spiro atoms. The molecule has 0 atom stereocenters. The van der Waals surface area contributed by atoms with Crippen molar-refractivity contribution in [2.24, 2.45) is 0 Å². The van der Waals surface area contributed by atoms with Gasteiger partial charge in [-0.3, -0.25) is 9.52 Å². The monoisotopic (exact) mass is 561 g/mol. The lowest BCUT2D eigenvalue weighted by Crippen LogP contribution is -2.35. The number of nitrogens with zero attached hydrogens (tertiary/aromatic N) is 1. The maximum absolute atomic E-state index is 13.0. The number of piperidine rings is 1. The summed E-state index contributed by atoms with van der Waals surface area (Å²) in [6.45, 7) is 4.73. The minimum absolute atomic E-state index is 0.00260. The Kier molecular flexibility index (Phi) is 7.94. The van der Waals surface area contributed by atoms with Crippen LogP contribution in [0.2, 0.25) is 5.02 Å². The second-order valence-electron chi connectivity index (χ2n) is 8.99. The molecule has 1 amide bonds. The van der Waals surface area contributed by atoms with Crippen molar-refractivity contribution >= 4 is 48.9 Å². The van der Waals surface area contributed by atoms with Gasteiger partial charge in [-0.25, -0.2) is 16.8 Å². The minimum atomic E-state index is -3.83. The Balaban J connectivity index is 1.50. The average molecular weight is 562 g/mol. The number of aryl methyl sites for hydroxylation is 2. The molecule has 0 aliphatic carbocycles. The lowest BCUT2D eigenvalue weighted by molar-refractivity contribution is 0.102. The molecular formula is C26H28ClN3O5S2. The largest absolute Gasteiger partial charge is 0.322 e. The third kappa shape index (κ3) is 6.15. The van der Waals surface area contributed by atoms with Crippen LogP contribution in [0, 0.1) is 13.8 Å². The molecule has 4 rings (SSSR count). The van der Waals surface area contributed by atoms with Crippen LogP contribution in [-0.4, -0.2) is 40.1 Å². The van der Waals surface area contributed by atoms with E-state index in [1.165, 1.54) is 46.8 Å². The van der Waals surface area contributed by atoms with Crippen molar-refractivity contribution in [2.75, 3.05) is 23.1 Å². The van der Waals surface area contributed by atoms with Gasteiger partial charge in [0.1, 0.15) is 0 Å². The lowest BCUT2D eigenvalue weighted by Gasteiger charge is -2.26. The van der Waals surface area contributed by atoms with Crippen molar-refractivity contribution in [3.8, 4) is 0 Å². The molecule has 3 aromatic carbocycles. The first kappa shape index (κ1) is 27.1. The standard InChI is InChI=1S/C26H28ClN3O5S2/c1-18-6-7-21(16-19(18)2)29-36(32,33)22-10-8-20(9-11-22)28-26(31)24-17-23(12-13-25(24)27)37(34,35)30-14-4-3-5-15-30/h6-13,16-17,29H,3-5,14-15H2,1-2H3,(H,28,31). The fraction of sp³-hybridized carbons (Fsp3) is 0.269. The number of carbonyl (C=O) groups is 1. The molecule has 1 aliphatic heterocycles. The van der Waals surface area contributed by atoms with E-state index in [9.17, 15) is 21.6 Å². The van der Waals surface area contributed by atoms with E-state index in [1.807, 2.05) is 19.9 Å². The number of halogens is 1. The third-order valence-electron chi connectivity index (χ3n) is 6.32. The highest BCUT2D eigenvalue weighted by Crippen LogP contribution is 2.26. The summed E-state index contributed by atoms with van der Waals surface area (Å²) in [5, 5.41) is 2.76. The summed E-state index contributed by atoms with van der Waals surface area (Å²) < 4.78 is 55.6. The van der Waals surface area contributed by atoms with Gasteiger partial charge in [0.2, 0.25) is 10.0 Å². The maximum atomic E-state index is 13.0. The van der Waals surface area contributed by atoms with Gasteiger partial charge in [0.15, 0.2) is 0 Å². The summed E-state index contributed by atoms with van der Waals surface area (Å²) in [6, 6.07) is 15.0. The fourth-order valence-electron chi connectivity index (χ4n) is 4.03. The van der Waals surface area contributed by atoms with Crippen LogP contribution in [-0.2, 0) is 20.0 Å². The molecule has 1 fully saturated rings. The number of amides is 1. The number of rotatable bonds is 7. The molecule has 8 nitrogen and oxygen atoms in total. The van der Waals surface area contributed by atoms with E-state index in [0.29, 0.717) is 24.5 Å². The van der Waals surface area contributed by atoms with Crippen LogP contribution in [0.1, 0.15) is 40.7 Å². The van der Waals surface area contributed by atoms with E-state index in [1.54, 1.807) is 12.1 Å². The highest BCUT2D eigenvalue weighted by Gasteiger charge is 2.27. The predicted molar refractivity (Wildman–Crippen MR) is 145 cm³/mol.